The summed E-state index contributed by atoms with van der Waals surface area (Å²) in [5.74, 6) is -1.48. The Kier molecular flexibility index (Phi) is 7.28. The number of carboxylic acid groups (broad SMARTS) is 1. The molecule has 0 saturated carbocycles. The Morgan fingerprint density at radius 2 is 1.58 bits per heavy atom. The van der Waals surface area contributed by atoms with Gasteiger partial charge in [0.15, 0.2) is 0 Å². The zero-order chi connectivity index (χ0) is 22.4. The highest BCUT2D eigenvalue weighted by molar-refractivity contribution is 5.86. The van der Waals surface area contributed by atoms with E-state index in [4.69, 9.17) is 9.84 Å². The Balaban J connectivity index is 1.56. The van der Waals surface area contributed by atoms with Crippen LogP contribution in [-0.2, 0) is 14.3 Å². The molecule has 0 saturated heterocycles. The number of carbonyl (C=O) groups is 3. The minimum Gasteiger partial charge on any atom is -0.481 e. The first-order valence-electron chi connectivity index (χ1n) is 10.5. The van der Waals surface area contributed by atoms with Crippen LogP contribution in [0, 0.1) is 0 Å². The van der Waals surface area contributed by atoms with Gasteiger partial charge >= 0.3 is 12.1 Å². The molecule has 0 aliphatic heterocycles. The number of ether oxygens (including phenoxy) is 1. The average molecular weight is 424 g/mol. The molecule has 0 aromatic heterocycles. The molecule has 7 nitrogen and oxygen atoms in total. The van der Waals surface area contributed by atoms with E-state index in [1.165, 1.54) is 0 Å². The van der Waals surface area contributed by atoms with E-state index in [1.54, 1.807) is 6.92 Å². The molecule has 0 spiro atoms. The van der Waals surface area contributed by atoms with Gasteiger partial charge in [0.05, 0.1) is 6.42 Å². The van der Waals surface area contributed by atoms with Crippen molar-refractivity contribution in [3.05, 3.63) is 59.7 Å². The van der Waals surface area contributed by atoms with Gasteiger partial charge in [-0.1, -0.05) is 61.9 Å². The van der Waals surface area contributed by atoms with Crippen LogP contribution < -0.4 is 10.6 Å². The van der Waals surface area contributed by atoms with Gasteiger partial charge in [0.1, 0.15) is 12.6 Å². The first-order chi connectivity index (χ1) is 14.9. The Bertz CT molecular complexity index is 913. The van der Waals surface area contributed by atoms with Crippen LogP contribution in [0.3, 0.4) is 0 Å². The average Bonchev–Trinajstić information content (AvgIpc) is 3.06. The number of carboxylic acids is 1. The number of rotatable bonds is 9. The summed E-state index contributed by atoms with van der Waals surface area (Å²) in [6.45, 7) is 3.62. The van der Waals surface area contributed by atoms with Crippen LogP contribution in [0.4, 0.5) is 4.79 Å². The van der Waals surface area contributed by atoms with E-state index >= 15 is 0 Å². The van der Waals surface area contributed by atoms with Crippen LogP contribution in [0.1, 0.15) is 50.2 Å². The van der Waals surface area contributed by atoms with Crippen molar-refractivity contribution in [1.82, 2.24) is 10.6 Å². The van der Waals surface area contributed by atoms with E-state index in [0.29, 0.717) is 6.42 Å². The van der Waals surface area contributed by atoms with E-state index in [2.05, 4.69) is 22.8 Å². The SMILES string of the molecule is CCC[C@H](CC(=O)O)NC(=O)[C@@H](C)NC(=O)OCC1c2ccccc2-c2ccccc21. The standard InChI is InChI=1S/C24H28N2O5/c1-3-8-16(13-22(27)28)26-23(29)15(2)25-24(30)31-14-21-19-11-6-4-9-17(19)18-10-5-7-12-20(18)21/h4-7,9-12,15-16,21H,3,8,13-14H2,1-2H3,(H,25,30)(H,26,29)(H,27,28)/t15-,16-/m1/s1. The third-order valence-electron chi connectivity index (χ3n) is 5.48. The number of benzene rings is 2. The zero-order valence-corrected chi connectivity index (χ0v) is 17.8. The molecular weight excluding hydrogens is 396 g/mol. The lowest BCUT2D eigenvalue weighted by Gasteiger charge is -2.20. The summed E-state index contributed by atoms with van der Waals surface area (Å²) >= 11 is 0. The summed E-state index contributed by atoms with van der Waals surface area (Å²) in [6, 6.07) is 14.8. The fraction of sp³-hybridized carbons (Fsp3) is 0.375. The maximum Gasteiger partial charge on any atom is 0.407 e. The molecule has 2 atom stereocenters. The van der Waals surface area contributed by atoms with Crippen molar-refractivity contribution in [2.24, 2.45) is 0 Å². The molecule has 0 bridgehead atoms. The van der Waals surface area contributed by atoms with Gasteiger partial charge in [-0.05, 0) is 35.6 Å². The predicted octanol–water partition coefficient (Wildman–Crippen LogP) is 3.67. The molecule has 3 rings (SSSR count). The van der Waals surface area contributed by atoms with Crippen molar-refractivity contribution in [3.63, 3.8) is 0 Å². The van der Waals surface area contributed by atoms with Gasteiger partial charge in [0.25, 0.3) is 0 Å². The molecule has 2 aromatic carbocycles. The van der Waals surface area contributed by atoms with E-state index in [1.807, 2.05) is 43.3 Å². The quantitative estimate of drug-likeness (QED) is 0.570. The number of hydrogen-bond donors (Lipinski definition) is 3. The van der Waals surface area contributed by atoms with Gasteiger partial charge in [-0.3, -0.25) is 9.59 Å². The largest absolute Gasteiger partial charge is 0.481 e. The van der Waals surface area contributed by atoms with Crippen molar-refractivity contribution in [1.29, 1.82) is 0 Å². The van der Waals surface area contributed by atoms with Gasteiger partial charge in [-0.15, -0.1) is 0 Å². The predicted molar refractivity (Wildman–Crippen MR) is 117 cm³/mol. The number of alkyl carbamates (subject to hydrolysis) is 1. The molecule has 0 unspecified atom stereocenters. The molecule has 1 aliphatic carbocycles. The summed E-state index contributed by atoms with van der Waals surface area (Å²) in [5, 5.41) is 14.2. The zero-order valence-electron chi connectivity index (χ0n) is 17.8. The Morgan fingerprint density at radius 3 is 2.13 bits per heavy atom. The number of nitrogens with one attached hydrogen (secondary N) is 2. The van der Waals surface area contributed by atoms with Gasteiger partial charge in [0.2, 0.25) is 5.91 Å². The van der Waals surface area contributed by atoms with Crippen molar-refractivity contribution in [2.75, 3.05) is 6.61 Å². The minimum absolute atomic E-state index is 0.0632. The molecule has 0 heterocycles. The topological polar surface area (TPSA) is 105 Å². The normalized spacial score (nSPS) is 14.1. The number of aliphatic carboxylic acids is 1. The second kappa shape index (κ2) is 10.1. The van der Waals surface area contributed by atoms with E-state index in [-0.39, 0.29) is 18.9 Å². The minimum atomic E-state index is -0.976. The van der Waals surface area contributed by atoms with E-state index in [0.717, 1.165) is 28.7 Å². The molecule has 2 aromatic rings. The van der Waals surface area contributed by atoms with Gasteiger partial charge in [-0.25, -0.2) is 4.79 Å². The molecule has 1 aliphatic rings. The molecule has 7 heteroatoms. The van der Waals surface area contributed by atoms with Crippen LogP contribution in [0.5, 0.6) is 0 Å². The number of fused-ring (bicyclic) bond motifs is 3. The Hall–Kier alpha value is -3.35. The molecule has 3 N–H and O–H groups in total. The highest BCUT2D eigenvalue weighted by Gasteiger charge is 2.29. The molecular formula is C24H28N2O5. The van der Waals surface area contributed by atoms with E-state index < -0.39 is 30.1 Å². The second-order valence-electron chi connectivity index (χ2n) is 7.78. The summed E-state index contributed by atoms with van der Waals surface area (Å²) in [5.41, 5.74) is 4.50. The molecule has 164 valence electrons. The first-order valence-corrected chi connectivity index (χ1v) is 10.5. The van der Waals surface area contributed by atoms with Gasteiger partial charge in [-0.2, -0.15) is 0 Å². The van der Waals surface area contributed by atoms with Crippen LogP contribution in [0.2, 0.25) is 0 Å². The van der Waals surface area contributed by atoms with Crippen molar-refractivity contribution < 1.29 is 24.2 Å². The van der Waals surface area contributed by atoms with Crippen LogP contribution >= 0.6 is 0 Å². The summed E-state index contributed by atoms with van der Waals surface area (Å²) in [6.07, 6.45) is 0.453. The lowest BCUT2D eigenvalue weighted by atomic mass is 9.98. The summed E-state index contributed by atoms with van der Waals surface area (Å²) in [7, 11) is 0. The summed E-state index contributed by atoms with van der Waals surface area (Å²) in [4.78, 5) is 35.6. The number of hydrogen-bond acceptors (Lipinski definition) is 4. The van der Waals surface area contributed by atoms with E-state index in [9.17, 15) is 14.4 Å². The lowest BCUT2D eigenvalue weighted by molar-refractivity contribution is -0.137. The fourth-order valence-corrected chi connectivity index (χ4v) is 3.99. The van der Waals surface area contributed by atoms with Crippen molar-refractivity contribution in [2.45, 2.75) is 51.1 Å². The number of amides is 2. The molecule has 0 radical (unpaired) electrons. The third kappa shape index (κ3) is 5.42. The van der Waals surface area contributed by atoms with Crippen LogP contribution in [-0.4, -0.2) is 41.8 Å². The monoisotopic (exact) mass is 424 g/mol. The van der Waals surface area contributed by atoms with Gasteiger partial charge < -0.3 is 20.5 Å². The van der Waals surface area contributed by atoms with Gasteiger partial charge in [0, 0.05) is 12.0 Å². The lowest BCUT2D eigenvalue weighted by Crippen LogP contribution is -2.48. The molecule has 31 heavy (non-hydrogen) atoms. The Labute approximate surface area is 181 Å². The highest BCUT2D eigenvalue weighted by Crippen LogP contribution is 2.44. The summed E-state index contributed by atoms with van der Waals surface area (Å²) < 4.78 is 5.45. The molecule has 2 amide bonds. The third-order valence-corrected chi connectivity index (χ3v) is 5.48. The fourth-order valence-electron chi connectivity index (χ4n) is 3.99. The second-order valence-corrected chi connectivity index (χ2v) is 7.78. The highest BCUT2D eigenvalue weighted by atomic mass is 16.5. The van der Waals surface area contributed by atoms with Crippen molar-refractivity contribution in [3.8, 4) is 11.1 Å². The van der Waals surface area contributed by atoms with Crippen LogP contribution in [0.15, 0.2) is 48.5 Å². The number of carbonyl (C=O) groups excluding carboxylic acids is 2. The maximum atomic E-state index is 12.4. The maximum absolute atomic E-state index is 12.4. The van der Waals surface area contributed by atoms with Crippen molar-refractivity contribution >= 4 is 18.0 Å². The first kappa shape index (κ1) is 22.3. The smallest absolute Gasteiger partial charge is 0.407 e. The van der Waals surface area contributed by atoms with Crippen LogP contribution in [0.25, 0.3) is 11.1 Å². The Morgan fingerprint density at radius 1 is 1.00 bits per heavy atom. The molecule has 0 fully saturated rings.